The summed E-state index contributed by atoms with van der Waals surface area (Å²) in [5, 5.41) is 10.2. The monoisotopic (exact) mass is 523 g/mol. The Bertz CT molecular complexity index is 1860. The predicted molar refractivity (Wildman–Crippen MR) is 146 cm³/mol. The van der Waals surface area contributed by atoms with E-state index in [0.29, 0.717) is 51.0 Å². The fraction of sp³-hybridized carbons (Fsp3) is 0.138. The van der Waals surface area contributed by atoms with Crippen molar-refractivity contribution in [1.82, 2.24) is 30.1 Å². The van der Waals surface area contributed by atoms with Crippen molar-refractivity contribution in [3.63, 3.8) is 0 Å². The second kappa shape index (κ2) is 9.71. The second-order valence-electron chi connectivity index (χ2n) is 9.65. The van der Waals surface area contributed by atoms with E-state index in [-0.39, 0.29) is 34.5 Å². The van der Waals surface area contributed by atoms with Crippen LogP contribution in [0.3, 0.4) is 0 Å². The highest BCUT2D eigenvalue weighted by Crippen LogP contribution is 2.35. The molecule has 0 aliphatic rings. The predicted octanol–water partition coefficient (Wildman–Crippen LogP) is 6.49. The number of imidazole rings is 1. The Morgan fingerprint density at radius 1 is 1.03 bits per heavy atom. The summed E-state index contributed by atoms with van der Waals surface area (Å²) in [5.74, 6) is -0.545. The zero-order chi connectivity index (χ0) is 27.1. The number of halogens is 2. The number of fused-ring (bicyclic) bond motifs is 2. The number of amides is 1. The van der Waals surface area contributed by atoms with Crippen LogP contribution in [0.4, 0.5) is 14.5 Å². The van der Waals surface area contributed by atoms with Crippen LogP contribution >= 0.6 is 0 Å². The van der Waals surface area contributed by atoms with Gasteiger partial charge >= 0.3 is 0 Å². The molecule has 0 radical (unpaired) electrons. The van der Waals surface area contributed by atoms with Crippen molar-refractivity contribution in [2.75, 3.05) is 5.32 Å². The normalized spacial score (nSPS) is 11.5. The third kappa shape index (κ3) is 4.50. The first-order valence-corrected chi connectivity index (χ1v) is 12.4. The van der Waals surface area contributed by atoms with Crippen molar-refractivity contribution in [2.24, 2.45) is 5.92 Å². The fourth-order valence-electron chi connectivity index (χ4n) is 4.63. The molecule has 0 saturated carbocycles. The van der Waals surface area contributed by atoms with Gasteiger partial charge in [-0.05, 0) is 36.2 Å². The number of anilines is 1. The third-order valence-corrected chi connectivity index (χ3v) is 6.37. The van der Waals surface area contributed by atoms with Crippen LogP contribution < -0.4 is 5.32 Å². The SMILES string of the molecule is CC(C)CC(=O)Nc1cncc(-c2ccc3[nH]nc(-c4nc5c(-c6ccccc6F)ccnc5[nH]4)c3c2F)c1. The number of benzene rings is 2. The van der Waals surface area contributed by atoms with E-state index in [1.165, 1.54) is 18.5 Å². The van der Waals surface area contributed by atoms with Crippen LogP contribution in [-0.4, -0.2) is 36.0 Å². The molecule has 194 valence electrons. The van der Waals surface area contributed by atoms with Crippen LogP contribution in [0.15, 0.2) is 67.1 Å². The van der Waals surface area contributed by atoms with Gasteiger partial charge in [0.2, 0.25) is 5.91 Å². The lowest BCUT2D eigenvalue weighted by molar-refractivity contribution is -0.116. The minimum atomic E-state index is -0.522. The number of nitrogens with zero attached hydrogens (tertiary/aromatic N) is 4. The van der Waals surface area contributed by atoms with E-state index in [9.17, 15) is 9.18 Å². The fourth-order valence-corrected chi connectivity index (χ4v) is 4.63. The van der Waals surface area contributed by atoms with Crippen molar-refractivity contribution in [3.05, 3.63) is 78.8 Å². The summed E-state index contributed by atoms with van der Waals surface area (Å²) >= 11 is 0. The standard InChI is InChI=1S/C29H23F2N7O/c1-15(2)11-23(39)34-17-12-16(13-32-14-17)18-7-8-22-24(25(18)31)27(38-37-22)29-35-26-20(9-10-33-28(26)36-29)19-5-3-4-6-21(19)30/h3-10,12-15H,11H2,1-2H3,(H,34,39)(H,37,38)(H,33,35,36). The first-order valence-electron chi connectivity index (χ1n) is 12.4. The molecular formula is C29H23F2N7O. The molecule has 0 spiro atoms. The maximum atomic E-state index is 16.1. The number of hydrogen-bond acceptors (Lipinski definition) is 5. The molecule has 1 amide bonds. The Labute approximate surface area is 221 Å². The van der Waals surface area contributed by atoms with E-state index >= 15 is 4.39 Å². The number of aromatic nitrogens is 6. The van der Waals surface area contributed by atoms with Gasteiger partial charge < -0.3 is 10.3 Å². The van der Waals surface area contributed by atoms with Crippen molar-refractivity contribution >= 4 is 33.7 Å². The highest BCUT2D eigenvalue weighted by Gasteiger charge is 2.21. The van der Waals surface area contributed by atoms with E-state index in [1.54, 1.807) is 48.7 Å². The number of rotatable bonds is 6. The smallest absolute Gasteiger partial charge is 0.224 e. The highest BCUT2D eigenvalue weighted by atomic mass is 19.1. The quantitative estimate of drug-likeness (QED) is 0.231. The van der Waals surface area contributed by atoms with Crippen molar-refractivity contribution in [3.8, 4) is 33.8 Å². The lowest BCUT2D eigenvalue weighted by Gasteiger charge is -2.09. The van der Waals surface area contributed by atoms with Gasteiger partial charge in [-0.3, -0.25) is 14.9 Å². The first-order chi connectivity index (χ1) is 18.9. The Balaban J connectivity index is 1.43. The van der Waals surface area contributed by atoms with E-state index in [2.05, 4.69) is 35.5 Å². The van der Waals surface area contributed by atoms with Gasteiger partial charge in [0, 0.05) is 41.1 Å². The molecular weight excluding hydrogens is 500 g/mol. The lowest BCUT2D eigenvalue weighted by atomic mass is 10.0. The summed E-state index contributed by atoms with van der Waals surface area (Å²) in [6, 6.07) is 13.1. The average molecular weight is 524 g/mol. The maximum absolute atomic E-state index is 16.1. The van der Waals surface area contributed by atoms with Crippen LogP contribution in [0.1, 0.15) is 20.3 Å². The number of H-pyrrole nitrogens is 2. The van der Waals surface area contributed by atoms with Crippen molar-refractivity contribution < 1.29 is 13.6 Å². The zero-order valence-corrected chi connectivity index (χ0v) is 21.1. The highest BCUT2D eigenvalue weighted by molar-refractivity contribution is 5.98. The van der Waals surface area contributed by atoms with Gasteiger partial charge in [-0.25, -0.2) is 18.7 Å². The van der Waals surface area contributed by atoms with E-state index in [0.717, 1.165) is 0 Å². The molecule has 0 aliphatic carbocycles. The number of nitrogens with one attached hydrogen (secondary N) is 3. The summed E-state index contributed by atoms with van der Waals surface area (Å²) in [6.45, 7) is 3.92. The molecule has 4 aromatic heterocycles. The van der Waals surface area contributed by atoms with Gasteiger partial charge in [0.05, 0.1) is 22.8 Å². The molecule has 3 N–H and O–H groups in total. The van der Waals surface area contributed by atoms with Gasteiger partial charge in [-0.2, -0.15) is 5.10 Å². The van der Waals surface area contributed by atoms with Crippen molar-refractivity contribution in [1.29, 1.82) is 0 Å². The average Bonchev–Trinajstić information content (AvgIpc) is 3.53. The van der Waals surface area contributed by atoms with Gasteiger partial charge in [0.15, 0.2) is 11.5 Å². The molecule has 10 heteroatoms. The molecule has 0 saturated heterocycles. The summed E-state index contributed by atoms with van der Waals surface area (Å²) in [6.07, 6.45) is 4.99. The maximum Gasteiger partial charge on any atom is 0.224 e. The van der Waals surface area contributed by atoms with E-state index < -0.39 is 5.82 Å². The molecule has 0 fully saturated rings. The summed E-state index contributed by atoms with van der Waals surface area (Å²) < 4.78 is 30.6. The molecule has 0 bridgehead atoms. The molecule has 4 heterocycles. The minimum absolute atomic E-state index is 0.134. The summed E-state index contributed by atoms with van der Waals surface area (Å²) in [4.78, 5) is 28.5. The zero-order valence-electron chi connectivity index (χ0n) is 21.1. The Morgan fingerprint density at radius 2 is 1.87 bits per heavy atom. The first kappa shape index (κ1) is 24.4. The van der Waals surface area contributed by atoms with Gasteiger partial charge in [-0.1, -0.05) is 32.0 Å². The molecule has 8 nitrogen and oxygen atoms in total. The molecule has 6 aromatic rings. The molecule has 39 heavy (non-hydrogen) atoms. The van der Waals surface area contributed by atoms with Gasteiger partial charge in [0.25, 0.3) is 0 Å². The van der Waals surface area contributed by atoms with Gasteiger partial charge in [0.1, 0.15) is 22.8 Å². The number of aromatic amines is 2. The molecule has 0 atom stereocenters. The molecule has 2 aromatic carbocycles. The van der Waals surface area contributed by atoms with Crippen LogP contribution in [0.5, 0.6) is 0 Å². The molecule has 0 aliphatic heterocycles. The van der Waals surface area contributed by atoms with E-state index in [4.69, 9.17) is 0 Å². The Hall–Kier alpha value is -4.99. The topological polar surface area (TPSA) is 112 Å². The molecule has 0 unspecified atom stereocenters. The lowest BCUT2D eigenvalue weighted by Crippen LogP contribution is -2.14. The number of hydrogen-bond donors (Lipinski definition) is 3. The largest absolute Gasteiger partial charge is 0.325 e. The second-order valence-corrected chi connectivity index (χ2v) is 9.65. The Morgan fingerprint density at radius 3 is 2.69 bits per heavy atom. The van der Waals surface area contributed by atoms with Gasteiger partial charge in [-0.15, -0.1) is 0 Å². The number of carbonyl (C=O) groups excluding carboxylic acids is 1. The van der Waals surface area contributed by atoms with E-state index in [1.807, 2.05) is 13.8 Å². The number of carbonyl (C=O) groups is 1. The van der Waals surface area contributed by atoms with Crippen LogP contribution in [0, 0.1) is 17.6 Å². The van der Waals surface area contributed by atoms with Crippen LogP contribution in [-0.2, 0) is 4.79 Å². The molecule has 6 rings (SSSR count). The van der Waals surface area contributed by atoms with Crippen molar-refractivity contribution in [2.45, 2.75) is 20.3 Å². The number of pyridine rings is 2. The van der Waals surface area contributed by atoms with Crippen LogP contribution in [0.25, 0.3) is 55.8 Å². The summed E-state index contributed by atoms with van der Waals surface area (Å²) in [7, 11) is 0. The summed E-state index contributed by atoms with van der Waals surface area (Å²) in [5.41, 5.74) is 3.82. The Kier molecular flexibility index (Phi) is 6.07. The third-order valence-electron chi connectivity index (χ3n) is 6.37. The van der Waals surface area contributed by atoms with Crippen LogP contribution in [0.2, 0.25) is 0 Å². The minimum Gasteiger partial charge on any atom is -0.325 e.